The molecule has 5 nitrogen and oxygen atoms in total. The molecule has 2 heterocycles. The van der Waals surface area contributed by atoms with Crippen molar-refractivity contribution in [1.82, 2.24) is 10.2 Å². The molecule has 2 unspecified atom stereocenters. The van der Waals surface area contributed by atoms with Crippen LogP contribution in [0.1, 0.15) is 0 Å². The van der Waals surface area contributed by atoms with E-state index in [9.17, 15) is 9.59 Å². The highest BCUT2D eigenvalue weighted by atomic mass is 16.5. The Kier molecular flexibility index (Phi) is 1.10. The summed E-state index contributed by atoms with van der Waals surface area (Å²) in [5, 5.41) is 2.64. The number of fused-ring (bicyclic) bond motifs is 1. The third-order valence-corrected chi connectivity index (χ3v) is 2.07. The molecule has 2 amide bonds. The van der Waals surface area contributed by atoms with Crippen molar-refractivity contribution in [3.05, 3.63) is 0 Å². The number of likely N-dealkylation sites (N-methyl/N-ethyl adjacent to an activating group) is 1. The van der Waals surface area contributed by atoms with E-state index in [-0.39, 0.29) is 18.0 Å². The lowest BCUT2D eigenvalue weighted by molar-refractivity contribution is -0.141. The van der Waals surface area contributed by atoms with Crippen LogP contribution in [0.2, 0.25) is 0 Å². The van der Waals surface area contributed by atoms with Crippen LogP contribution in [0.15, 0.2) is 0 Å². The van der Waals surface area contributed by atoms with Crippen LogP contribution in [-0.2, 0) is 9.53 Å². The Hall–Kier alpha value is -1.26. The molecular weight excluding hydrogens is 148 g/mol. The average Bonchev–Trinajstić information content (AvgIpc) is 2.41. The van der Waals surface area contributed by atoms with Gasteiger partial charge in [-0.2, -0.15) is 0 Å². The lowest BCUT2D eigenvalue weighted by Crippen LogP contribution is -2.36. The number of rotatable bonds is 0. The van der Waals surface area contributed by atoms with Crippen molar-refractivity contribution in [2.24, 2.45) is 0 Å². The van der Waals surface area contributed by atoms with Gasteiger partial charge in [0, 0.05) is 7.05 Å². The van der Waals surface area contributed by atoms with Gasteiger partial charge in [-0.25, -0.2) is 9.59 Å². The third-order valence-electron chi connectivity index (χ3n) is 2.07. The number of carbonyl (C=O) groups is 2. The average molecular weight is 156 g/mol. The van der Waals surface area contributed by atoms with Crippen molar-refractivity contribution >= 4 is 12.0 Å². The van der Waals surface area contributed by atoms with E-state index in [2.05, 4.69) is 5.32 Å². The number of nitrogens with one attached hydrogen (secondary N) is 1. The second-order valence-corrected chi connectivity index (χ2v) is 2.74. The number of hydrogen-bond acceptors (Lipinski definition) is 3. The molecule has 0 aromatic heterocycles. The second kappa shape index (κ2) is 1.87. The summed E-state index contributed by atoms with van der Waals surface area (Å²) in [5.41, 5.74) is 0. The maximum Gasteiger partial charge on any atom is 0.331 e. The molecule has 11 heavy (non-hydrogen) atoms. The summed E-state index contributed by atoms with van der Waals surface area (Å²) in [6.45, 7) is 0.305. The van der Waals surface area contributed by atoms with Gasteiger partial charge in [-0.3, -0.25) is 0 Å². The van der Waals surface area contributed by atoms with E-state index in [1.54, 1.807) is 7.05 Å². The molecular formula is C6H8N2O3. The smallest absolute Gasteiger partial charge is 0.331 e. The second-order valence-electron chi connectivity index (χ2n) is 2.74. The van der Waals surface area contributed by atoms with E-state index in [0.717, 1.165) is 0 Å². The van der Waals surface area contributed by atoms with Crippen molar-refractivity contribution < 1.29 is 14.3 Å². The lowest BCUT2D eigenvalue weighted by atomic mass is 10.2. The topological polar surface area (TPSA) is 58.6 Å². The van der Waals surface area contributed by atoms with Crippen molar-refractivity contribution in [3.63, 3.8) is 0 Å². The van der Waals surface area contributed by atoms with Gasteiger partial charge in [-0.1, -0.05) is 0 Å². The van der Waals surface area contributed by atoms with Crippen molar-refractivity contribution in [3.8, 4) is 0 Å². The zero-order valence-electron chi connectivity index (χ0n) is 6.03. The molecule has 0 aromatic rings. The first-order valence-electron chi connectivity index (χ1n) is 3.40. The van der Waals surface area contributed by atoms with Crippen molar-refractivity contribution in [1.29, 1.82) is 0 Å². The molecule has 2 atom stereocenters. The Morgan fingerprint density at radius 3 is 3.00 bits per heavy atom. The van der Waals surface area contributed by atoms with E-state index in [1.807, 2.05) is 0 Å². The molecule has 1 N–H and O–H groups in total. The summed E-state index contributed by atoms with van der Waals surface area (Å²) in [6.07, 6.45) is 0. The zero-order chi connectivity index (χ0) is 8.01. The summed E-state index contributed by atoms with van der Waals surface area (Å²) < 4.78 is 4.74. The summed E-state index contributed by atoms with van der Waals surface area (Å²) >= 11 is 0. The number of cyclic esters (lactones) is 1. The number of nitrogens with zero attached hydrogens (tertiary/aromatic N) is 1. The maximum atomic E-state index is 11.0. The fourth-order valence-corrected chi connectivity index (χ4v) is 1.45. The fraction of sp³-hybridized carbons (Fsp3) is 0.667. The molecule has 0 radical (unpaired) electrons. The first-order valence-corrected chi connectivity index (χ1v) is 3.40. The Balaban J connectivity index is 2.26. The van der Waals surface area contributed by atoms with Crippen LogP contribution in [0.3, 0.4) is 0 Å². The number of carbonyl (C=O) groups excluding carboxylic acids is 2. The summed E-state index contributed by atoms with van der Waals surface area (Å²) in [6, 6.07) is -0.737. The predicted octanol–water partition coefficient (Wildman–Crippen LogP) is -1.06. The molecule has 0 aromatic carbocycles. The molecule has 2 rings (SSSR count). The van der Waals surface area contributed by atoms with Crippen LogP contribution < -0.4 is 5.32 Å². The van der Waals surface area contributed by atoms with Gasteiger partial charge in [0.1, 0.15) is 6.61 Å². The van der Waals surface area contributed by atoms with Gasteiger partial charge in [-0.15, -0.1) is 0 Å². The molecule has 5 heteroatoms. The van der Waals surface area contributed by atoms with E-state index in [0.29, 0.717) is 6.61 Å². The Morgan fingerprint density at radius 1 is 1.64 bits per heavy atom. The number of ether oxygens (including phenoxy) is 1. The molecule has 0 saturated carbocycles. The largest absolute Gasteiger partial charge is 0.462 e. The van der Waals surface area contributed by atoms with Gasteiger partial charge in [0.05, 0.1) is 6.04 Å². The van der Waals surface area contributed by atoms with E-state index < -0.39 is 6.04 Å². The van der Waals surface area contributed by atoms with Gasteiger partial charge in [0.2, 0.25) is 0 Å². The molecule has 2 fully saturated rings. The first kappa shape index (κ1) is 6.45. The highest BCUT2D eigenvalue weighted by Crippen LogP contribution is 2.18. The number of hydrogen-bond donors (Lipinski definition) is 1. The van der Waals surface area contributed by atoms with Crippen molar-refractivity contribution in [2.75, 3.05) is 13.7 Å². The first-order chi connectivity index (χ1) is 5.20. The summed E-state index contributed by atoms with van der Waals surface area (Å²) in [4.78, 5) is 23.3. The minimum atomic E-state index is -0.400. The van der Waals surface area contributed by atoms with Gasteiger partial charge in [0.15, 0.2) is 6.04 Å². The van der Waals surface area contributed by atoms with E-state index in [4.69, 9.17) is 4.74 Å². The summed E-state index contributed by atoms with van der Waals surface area (Å²) in [5.74, 6) is -0.309. The van der Waals surface area contributed by atoms with E-state index in [1.165, 1.54) is 4.90 Å². The quantitative estimate of drug-likeness (QED) is 0.454. The van der Waals surface area contributed by atoms with Gasteiger partial charge >= 0.3 is 12.0 Å². The van der Waals surface area contributed by atoms with Crippen LogP contribution in [-0.4, -0.2) is 42.6 Å². The summed E-state index contributed by atoms with van der Waals surface area (Å²) in [7, 11) is 1.59. The Bertz CT molecular complexity index is 228. The molecule has 2 saturated heterocycles. The Morgan fingerprint density at radius 2 is 2.36 bits per heavy atom. The lowest BCUT2D eigenvalue weighted by Gasteiger charge is -2.11. The maximum absolute atomic E-state index is 11.0. The van der Waals surface area contributed by atoms with Gasteiger partial charge < -0.3 is 15.0 Å². The van der Waals surface area contributed by atoms with Crippen LogP contribution in [0.4, 0.5) is 4.79 Å². The fourth-order valence-electron chi connectivity index (χ4n) is 1.45. The van der Waals surface area contributed by atoms with Crippen LogP contribution >= 0.6 is 0 Å². The number of esters is 1. The van der Waals surface area contributed by atoms with E-state index >= 15 is 0 Å². The van der Waals surface area contributed by atoms with Crippen LogP contribution in [0, 0.1) is 0 Å². The SMILES string of the molecule is CN1C(=O)NC2COC(=O)C21. The molecule has 0 bridgehead atoms. The molecule has 60 valence electrons. The monoisotopic (exact) mass is 156 g/mol. The minimum absolute atomic E-state index is 0.139. The van der Waals surface area contributed by atoms with Gasteiger partial charge in [-0.05, 0) is 0 Å². The molecule has 0 aliphatic carbocycles. The third kappa shape index (κ3) is 0.704. The normalized spacial score (nSPS) is 35.2. The molecule has 2 aliphatic heterocycles. The highest BCUT2D eigenvalue weighted by molar-refractivity contribution is 5.89. The highest BCUT2D eigenvalue weighted by Gasteiger charge is 2.47. The zero-order valence-corrected chi connectivity index (χ0v) is 6.03. The van der Waals surface area contributed by atoms with Gasteiger partial charge in [0.25, 0.3) is 0 Å². The van der Waals surface area contributed by atoms with Crippen LogP contribution in [0.5, 0.6) is 0 Å². The van der Waals surface area contributed by atoms with Crippen LogP contribution in [0.25, 0.3) is 0 Å². The number of urea groups is 1. The predicted molar refractivity (Wildman–Crippen MR) is 34.8 cm³/mol. The molecule has 2 aliphatic rings. The Labute approximate surface area is 63.3 Å². The van der Waals surface area contributed by atoms with Crippen molar-refractivity contribution in [2.45, 2.75) is 12.1 Å². The standard InChI is InChI=1S/C6H8N2O3/c1-8-4-3(7-6(8)10)2-11-5(4)9/h3-4H,2H2,1H3,(H,7,10). The minimum Gasteiger partial charge on any atom is -0.462 e. The number of amides is 2. The molecule has 0 spiro atoms.